The molecule has 7 heteroatoms. The number of ether oxygens (including phenoxy) is 2. The lowest BCUT2D eigenvalue weighted by Gasteiger charge is -2.21. The van der Waals surface area contributed by atoms with Crippen molar-refractivity contribution in [1.82, 2.24) is 10.4 Å². The van der Waals surface area contributed by atoms with Gasteiger partial charge in [0.2, 0.25) is 0 Å². The summed E-state index contributed by atoms with van der Waals surface area (Å²) in [6, 6.07) is 7.30. The van der Waals surface area contributed by atoms with Crippen LogP contribution in [0.3, 0.4) is 0 Å². The summed E-state index contributed by atoms with van der Waals surface area (Å²) in [5, 5.41) is 0.862. The molecule has 1 aromatic rings. The average Bonchev–Trinajstić information content (AvgIpc) is 3.26. The molecular formula is C18H20N2O5. The fourth-order valence-electron chi connectivity index (χ4n) is 3.90. The highest BCUT2D eigenvalue weighted by molar-refractivity contribution is 6.07. The minimum absolute atomic E-state index is 0.199. The van der Waals surface area contributed by atoms with E-state index in [9.17, 15) is 14.4 Å². The predicted molar refractivity (Wildman–Crippen MR) is 86.1 cm³/mol. The summed E-state index contributed by atoms with van der Waals surface area (Å²) in [5.74, 6) is -1.65. The number of hydrazine groups is 1. The molecule has 0 spiro atoms. The van der Waals surface area contributed by atoms with Gasteiger partial charge in [0.05, 0.1) is 24.0 Å². The third-order valence-corrected chi connectivity index (χ3v) is 5.21. The van der Waals surface area contributed by atoms with E-state index in [1.807, 2.05) is 19.1 Å². The Morgan fingerprint density at radius 3 is 2.28 bits per heavy atom. The zero-order chi connectivity index (χ0) is 17.7. The fraction of sp³-hybridized carbons (Fsp3) is 0.500. The highest BCUT2D eigenvalue weighted by Gasteiger charge is 2.63. The summed E-state index contributed by atoms with van der Waals surface area (Å²) in [6.45, 7) is 3.53. The van der Waals surface area contributed by atoms with Crippen molar-refractivity contribution >= 4 is 17.7 Å². The van der Waals surface area contributed by atoms with Crippen LogP contribution in [0.15, 0.2) is 24.3 Å². The molecule has 0 aliphatic carbocycles. The van der Waals surface area contributed by atoms with Gasteiger partial charge in [0.15, 0.2) is 6.10 Å². The van der Waals surface area contributed by atoms with Crippen LogP contribution in [0.2, 0.25) is 0 Å². The van der Waals surface area contributed by atoms with Crippen LogP contribution in [-0.2, 0) is 19.1 Å². The number of carbonyl (C=O) groups excluding carboxylic acids is 3. The van der Waals surface area contributed by atoms with Crippen LogP contribution in [0.4, 0.5) is 0 Å². The number of carbonyl (C=O) groups is 3. The second-order valence-corrected chi connectivity index (χ2v) is 6.90. The molecule has 7 nitrogen and oxygen atoms in total. The van der Waals surface area contributed by atoms with Gasteiger partial charge in [-0.25, -0.2) is 0 Å². The molecule has 3 amide bonds. The SMILES string of the molecule is Cc1ccc(O[C@H](C)C(=O)NN2C(=O)[C@@H]3[C@@H](C2=O)[C@H]2CC[C@H]3O2)cc1. The van der Waals surface area contributed by atoms with Crippen LogP contribution in [0.5, 0.6) is 5.75 Å². The average molecular weight is 344 g/mol. The van der Waals surface area contributed by atoms with Gasteiger partial charge in [0.25, 0.3) is 17.7 Å². The van der Waals surface area contributed by atoms with Gasteiger partial charge in [-0.2, -0.15) is 5.01 Å². The van der Waals surface area contributed by atoms with Crippen molar-refractivity contribution in [3.63, 3.8) is 0 Å². The van der Waals surface area contributed by atoms with E-state index in [1.54, 1.807) is 19.1 Å². The van der Waals surface area contributed by atoms with E-state index in [2.05, 4.69) is 5.43 Å². The van der Waals surface area contributed by atoms with Crippen molar-refractivity contribution < 1.29 is 23.9 Å². The molecule has 1 N–H and O–H groups in total. The summed E-state index contributed by atoms with van der Waals surface area (Å²) in [7, 11) is 0. The summed E-state index contributed by atoms with van der Waals surface area (Å²) < 4.78 is 11.2. The van der Waals surface area contributed by atoms with E-state index < -0.39 is 23.8 Å². The van der Waals surface area contributed by atoms with Gasteiger partial charge in [0, 0.05) is 0 Å². The first-order valence-electron chi connectivity index (χ1n) is 8.53. The fourth-order valence-corrected chi connectivity index (χ4v) is 3.90. The zero-order valence-electron chi connectivity index (χ0n) is 14.1. The number of amides is 3. The van der Waals surface area contributed by atoms with E-state index in [1.165, 1.54) is 0 Å². The van der Waals surface area contributed by atoms with Crippen molar-refractivity contribution in [3.8, 4) is 5.75 Å². The van der Waals surface area contributed by atoms with Gasteiger partial charge < -0.3 is 9.47 Å². The van der Waals surface area contributed by atoms with Crippen molar-refractivity contribution in [2.75, 3.05) is 0 Å². The first-order chi connectivity index (χ1) is 12.0. The lowest BCUT2D eigenvalue weighted by molar-refractivity contribution is -0.153. The van der Waals surface area contributed by atoms with E-state index in [0.29, 0.717) is 5.75 Å². The van der Waals surface area contributed by atoms with Crippen LogP contribution in [0, 0.1) is 18.8 Å². The summed E-state index contributed by atoms with van der Waals surface area (Å²) in [4.78, 5) is 37.4. The molecule has 0 aromatic heterocycles. The van der Waals surface area contributed by atoms with E-state index in [4.69, 9.17) is 9.47 Å². The monoisotopic (exact) mass is 344 g/mol. The Morgan fingerprint density at radius 2 is 1.72 bits per heavy atom. The number of aryl methyl sites for hydroxylation is 1. The Labute approximate surface area is 145 Å². The Hall–Kier alpha value is -2.41. The Morgan fingerprint density at radius 1 is 1.16 bits per heavy atom. The highest BCUT2D eigenvalue weighted by atomic mass is 16.5. The number of nitrogens with zero attached hydrogens (tertiary/aromatic N) is 1. The smallest absolute Gasteiger partial charge is 0.279 e. The standard InChI is InChI=1S/C18H20N2O5/c1-9-3-5-11(6-4-9)24-10(2)16(21)19-20-17(22)14-12-7-8-13(25-12)15(14)18(20)23/h3-6,10,12-15H,7-8H2,1-2H3,(H,19,21)/t10-,12-,13-,14+,15+/m1/s1. The molecular weight excluding hydrogens is 324 g/mol. The van der Waals surface area contributed by atoms with Crippen molar-refractivity contribution in [2.45, 2.75) is 45.0 Å². The quantitative estimate of drug-likeness (QED) is 0.822. The minimum atomic E-state index is -0.836. The first-order valence-corrected chi connectivity index (χ1v) is 8.53. The Bertz CT molecular complexity index is 703. The van der Waals surface area contributed by atoms with E-state index in [-0.39, 0.29) is 24.0 Å². The van der Waals surface area contributed by atoms with Gasteiger partial charge in [-0.1, -0.05) is 17.7 Å². The number of rotatable bonds is 4. The molecule has 3 saturated heterocycles. The number of imide groups is 1. The second-order valence-electron chi connectivity index (χ2n) is 6.90. The molecule has 5 atom stereocenters. The van der Waals surface area contributed by atoms with Crippen LogP contribution in [0.25, 0.3) is 0 Å². The molecule has 0 unspecified atom stereocenters. The zero-order valence-corrected chi connectivity index (χ0v) is 14.1. The van der Waals surface area contributed by atoms with Crippen molar-refractivity contribution in [1.29, 1.82) is 0 Å². The maximum absolute atomic E-state index is 12.5. The van der Waals surface area contributed by atoms with Crippen LogP contribution in [-0.4, -0.2) is 41.0 Å². The van der Waals surface area contributed by atoms with Crippen molar-refractivity contribution in [2.24, 2.45) is 11.8 Å². The molecule has 3 aliphatic heterocycles. The molecule has 2 bridgehead atoms. The summed E-state index contributed by atoms with van der Waals surface area (Å²) >= 11 is 0. The molecule has 1 aromatic carbocycles. The maximum Gasteiger partial charge on any atom is 0.279 e. The molecule has 132 valence electrons. The molecule has 3 fully saturated rings. The van der Waals surface area contributed by atoms with E-state index >= 15 is 0 Å². The van der Waals surface area contributed by atoms with Crippen LogP contribution >= 0.6 is 0 Å². The minimum Gasteiger partial charge on any atom is -0.481 e. The Balaban J connectivity index is 1.41. The van der Waals surface area contributed by atoms with Crippen LogP contribution < -0.4 is 10.2 Å². The molecule has 3 aliphatic rings. The van der Waals surface area contributed by atoms with Gasteiger partial charge in [0.1, 0.15) is 5.75 Å². The predicted octanol–water partition coefficient (Wildman–Crippen LogP) is 0.956. The molecule has 4 rings (SSSR count). The van der Waals surface area contributed by atoms with Gasteiger partial charge in [-0.05, 0) is 38.8 Å². The van der Waals surface area contributed by atoms with Crippen molar-refractivity contribution in [3.05, 3.63) is 29.8 Å². The lowest BCUT2D eigenvalue weighted by atomic mass is 9.81. The summed E-state index contributed by atoms with van der Waals surface area (Å²) in [6.07, 6.45) is 0.347. The Kier molecular flexibility index (Phi) is 3.76. The van der Waals surface area contributed by atoms with Crippen LogP contribution in [0.1, 0.15) is 25.3 Å². The number of nitrogens with one attached hydrogen (secondary N) is 1. The number of benzene rings is 1. The van der Waals surface area contributed by atoms with Gasteiger partial charge in [-0.15, -0.1) is 0 Å². The molecule has 0 saturated carbocycles. The largest absolute Gasteiger partial charge is 0.481 e. The second kappa shape index (κ2) is 5.84. The third kappa shape index (κ3) is 2.59. The van der Waals surface area contributed by atoms with Gasteiger partial charge in [-0.3, -0.25) is 19.8 Å². The normalized spacial score (nSPS) is 31.2. The topological polar surface area (TPSA) is 84.9 Å². The molecule has 25 heavy (non-hydrogen) atoms. The van der Waals surface area contributed by atoms with Gasteiger partial charge >= 0.3 is 0 Å². The number of fused-ring (bicyclic) bond motifs is 5. The summed E-state index contributed by atoms with van der Waals surface area (Å²) in [5.41, 5.74) is 3.51. The lowest BCUT2D eigenvalue weighted by Crippen LogP contribution is -2.51. The molecule has 3 heterocycles. The number of hydrogen-bond acceptors (Lipinski definition) is 5. The first kappa shape index (κ1) is 16.1. The van der Waals surface area contributed by atoms with E-state index in [0.717, 1.165) is 23.4 Å². The molecule has 0 radical (unpaired) electrons. The number of hydrogen-bond donors (Lipinski definition) is 1. The maximum atomic E-state index is 12.5. The highest BCUT2D eigenvalue weighted by Crippen LogP contribution is 2.47. The third-order valence-electron chi connectivity index (χ3n) is 5.21.